The van der Waals surface area contributed by atoms with Crippen molar-refractivity contribution < 1.29 is 26.3 Å². The van der Waals surface area contributed by atoms with Gasteiger partial charge in [0.05, 0.1) is 5.69 Å². The molecule has 7 nitrogen and oxygen atoms in total. The number of benzene rings is 1. The van der Waals surface area contributed by atoms with Crippen LogP contribution in [0.5, 0.6) is 0 Å². The normalized spacial score (nSPS) is 20.1. The first-order valence-electron chi connectivity index (χ1n) is 9.71. The van der Waals surface area contributed by atoms with Crippen LogP contribution in [0.3, 0.4) is 0 Å². The lowest BCUT2D eigenvalue weighted by atomic mass is 9.93. The lowest BCUT2D eigenvalue weighted by Gasteiger charge is -2.38. The fourth-order valence-electron chi connectivity index (χ4n) is 3.86. The fraction of sp³-hybridized carbons (Fsp3) is 0.450. The van der Waals surface area contributed by atoms with Gasteiger partial charge in [0.15, 0.2) is 10.7 Å². The summed E-state index contributed by atoms with van der Waals surface area (Å²) in [5.74, 6) is -4.16. The molecular formula is C20H24ClF3N4O3S. The molecule has 1 aromatic carbocycles. The summed E-state index contributed by atoms with van der Waals surface area (Å²) in [6.45, 7) is 2.69. The highest BCUT2D eigenvalue weighted by molar-refractivity contribution is 7.92. The molecule has 0 amide bonds. The molecule has 32 heavy (non-hydrogen) atoms. The number of hydrogen-bond donors (Lipinski definition) is 1. The Bertz CT molecular complexity index is 1120. The van der Waals surface area contributed by atoms with Gasteiger partial charge in [0, 0.05) is 32.3 Å². The summed E-state index contributed by atoms with van der Waals surface area (Å²) in [6, 6.07) is 4.22. The van der Waals surface area contributed by atoms with Crippen molar-refractivity contribution in [2.75, 3.05) is 43.9 Å². The summed E-state index contributed by atoms with van der Waals surface area (Å²) in [7, 11) is 0.614. The molecule has 2 atom stereocenters. The molecular weight excluding hydrogens is 469 g/mol. The maximum atomic E-state index is 15.1. The lowest BCUT2D eigenvalue weighted by molar-refractivity contribution is -0.0456. The summed E-state index contributed by atoms with van der Waals surface area (Å²) in [5, 5.41) is -0.539. The van der Waals surface area contributed by atoms with E-state index in [1.165, 1.54) is 6.07 Å². The third-order valence-electron chi connectivity index (χ3n) is 5.87. The first-order valence-corrected chi connectivity index (χ1v) is 11.6. The Hall–Kier alpha value is -2.08. The second-order valence-corrected chi connectivity index (χ2v) is 9.86. The van der Waals surface area contributed by atoms with E-state index in [-0.39, 0.29) is 11.7 Å². The average Bonchev–Trinajstić information content (AvgIpc) is 3.15. The van der Waals surface area contributed by atoms with E-state index in [0.717, 1.165) is 18.2 Å². The number of hydrogen-bond acceptors (Lipinski definition) is 6. The molecule has 0 spiro atoms. The largest absolute Gasteiger partial charge is 0.375 e. The van der Waals surface area contributed by atoms with Crippen LogP contribution in [-0.4, -0.2) is 64.2 Å². The van der Waals surface area contributed by atoms with Gasteiger partial charge in [-0.2, -0.15) is 4.39 Å². The van der Waals surface area contributed by atoms with Crippen LogP contribution in [0.2, 0.25) is 5.02 Å². The fourth-order valence-corrected chi connectivity index (χ4v) is 5.33. The van der Waals surface area contributed by atoms with Crippen molar-refractivity contribution >= 4 is 33.1 Å². The van der Waals surface area contributed by atoms with E-state index in [9.17, 15) is 17.2 Å². The van der Waals surface area contributed by atoms with Gasteiger partial charge < -0.3 is 14.5 Å². The molecule has 1 N–H and O–H groups in total. The Morgan fingerprint density at radius 2 is 2.00 bits per heavy atom. The molecule has 0 bridgehead atoms. The van der Waals surface area contributed by atoms with Crippen molar-refractivity contribution in [2.24, 2.45) is 0 Å². The Balaban J connectivity index is 1.96. The van der Waals surface area contributed by atoms with Crippen molar-refractivity contribution in [3.8, 4) is 0 Å². The number of rotatable bonds is 7. The zero-order chi connectivity index (χ0) is 23.8. The number of anilines is 2. The van der Waals surface area contributed by atoms with Gasteiger partial charge in [-0.25, -0.2) is 22.2 Å². The zero-order valence-electron chi connectivity index (χ0n) is 18.0. The Labute approximate surface area is 190 Å². The van der Waals surface area contributed by atoms with Gasteiger partial charge in [-0.1, -0.05) is 17.7 Å². The van der Waals surface area contributed by atoms with Gasteiger partial charge in [-0.3, -0.25) is 4.72 Å². The topological polar surface area (TPSA) is 74.8 Å². The Morgan fingerprint density at radius 3 is 2.59 bits per heavy atom. The minimum absolute atomic E-state index is 0.00594. The molecule has 3 rings (SSSR count). The first-order chi connectivity index (χ1) is 14.9. The minimum Gasteiger partial charge on any atom is -0.375 e. The highest BCUT2D eigenvalue weighted by Gasteiger charge is 2.45. The predicted molar refractivity (Wildman–Crippen MR) is 116 cm³/mol. The zero-order valence-corrected chi connectivity index (χ0v) is 19.6. The third kappa shape index (κ3) is 4.52. The van der Waals surface area contributed by atoms with Crippen molar-refractivity contribution in [2.45, 2.75) is 29.9 Å². The number of methoxy groups -OCH3 is 1. The molecule has 1 aliphatic heterocycles. The highest BCUT2D eigenvalue weighted by Crippen LogP contribution is 2.40. The average molecular weight is 493 g/mol. The first kappa shape index (κ1) is 24.6. The molecule has 2 aromatic rings. The summed E-state index contributed by atoms with van der Waals surface area (Å²) in [5.41, 5.74) is -0.579. The van der Waals surface area contributed by atoms with Crippen LogP contribution < -0.4 is 9.62 Å². The monoisotopic (exact) mass is 492 g/mol. The number of halogens is 4. The van der Waals surface area contributed by atoms with E-state index >= 15 is 4.39 Å². The maximum Gasteiger partial charge on any atom is 0.268 e. The SMILES string of the molecule is COC1(C(C)N(C)C)CCN(c2cc(F)c(S(=O)(=O)Nc3cccc(F)n3)c(F)c2Cl)C1. The van der Waals surface area contributed by atoms with Crippen LogP contribution in [0.1, 0.15) is 13.3 Å². The number of nitrogens with one attached hydrogen (secondary N) is 1. The number of ether oxygens (including phenoxy) is 1. The van der Waals surface area contributed by atoms with Crippen LogP contribution >= 0.6 is 11.6 Å². The Kier molecular flexibility index (Phi) is 6.94. The minimum atomic E-state index is -4.77. The Morgan fingerprint density at radius 1 is 1.31 bits per heavy atom. The molecule has 0 aliphatic carbocycles. The quantitative estimate of drug-likeness (QED) is 0.471. The van der Waals surface area contributed by atoms with E-state index in [2.05, 4.69) is 4.98 Å². The third-order valence-corrected chi connectivity index (χ3v) is 7.62. The second kappa shape index (κ2) is 9.05. The molecule has 0 radical (unpaired) electrons. The summed E-state index contributed by atoms with van der Waals surface area (Å²) < 4.78 is 76.1. The van der Waals surface area contributed by atoms with E-state index in [4.69, 9.17) is 16.3 Å². The molecule has 1 aromatic heterocycles. The second-order valence-electron chi connectivity index (χ2n) is 7.87. The van der Waals surface area contributed by atoms with E-state index in [1.807, 2.05) is 30.6 Å². The number of likely N-dealkylation sites (N-methyl/N-ethyl adjacent to an activating group) is 1. The van der Waals surface area contributed by atoms with Crippen LogP contribution in [0.4, 0.5) is 24.7 Å². The van der Waals surface area contributed by atoms with Gasteiger partial charge in [0.1, 0.15) is 22.3 Å². The number of pyridine rings is 1. The van der Waals surface area contributed by atoms with Crippen molar-refractivity contribution in [3.05, 3.63) is 46.9 Å². The van der Waals surface area contributed by atoms with Crippen molar-refractivity contribution in [1.82, 2.24) is 9.88 Å². The van der Waals surface area contributed by atoms with E-state index in [1.54, 1.807) is 12.0 Å². The summed E-state index contributed by atoms with van der Waals surface area (Å²) in [4.78, 5) is 5.72. The van der Waals surface area contributed by atoms with E-state index < -0.39 is 48.9 Å². The molecule has 2 unspecified atom stereocenters. The van der Waals surface area contributed by atoms with Crippen molar-refractivity contribution in [1.29, 1.82) is 0 Å². The summed E-state index contributed by atoms with van der Waals surface area (Å²) in [6.07, 6.45) is 0.579. The van der Waals surface area contributed by atoms with Gasteiger partial charge in [0.25, 0.3) is 10.0 Å². The number of nitrogens with zero attached hydrogens (tertiary/aromatic N) is 3. The smallest absolute Gasteiger partial charge is 0.268 e. The van der Waals surface area contributed by atoms with Gasteiger partial charge in [-0.05, 0) is 39.6 Å². The van der Waals surface area contributed by atoms with Gasteiger partial charge in [0.2, 0.25) is 5.95 Å². The van der Waals surface area contributed by atoms with Crippen LogP contribution in [0.25, 0.3) is 0 Å². The lowest BCUT2D eigenvalue weighted by Crippen LogP contribution is -2.51. The molecule has 1 fully saturated rings. The van der Waals surface area contributed by atoms with Crippen LogP contribution in [0, 0.1) is 17.6 Å². The van der Waals surface area contributed by atoms with Crippen LogP contribution in [0.15, 0.2) is 29.2 Å². The highest BCUT2D eigenvalue weighted by atomic mass is 35.5. The summed E-state index contributed by atoms with van der Waals surface area (Å²) >= 11 is 6.16. The molecule has 2 heterocycles. The van der Waals surface area contributed by atoms with Crippen molar-refractivity contribution in [3.63, 3.8) is 0 Å². The molecule has 12 heteroatoms. The number of aromatic nitrogens is 1. The van der Waals surface area contributed by atoms with Gasteiger partial charge >= 0.3 is 0 Å². The van der Waals surface area contributed by atoms with Crippen LogP contribution in [-0.2, 0) is 14.8 Å². The molecule has 1 aliphatic rings. The molecule has 176 valence electrons. The van der Waals surface area contributed by atoms with Gasteiger partial charge in [-0.15, -0.1) is 0 Å². The predicted octanol–water partition coefficient (Wildman–Crippen LogP) is 3.50. The molecule has 1 saturated heterocycles. The maximum absolute atomic E-state index is 15.1. The number of sulfonamides is 1. The van der Waals surface area contributed by atoms with E-state index in [0.29, 0.717) is 19.5 Å². The molecule has 0 saturated carbocycles. The standard InChI is InChI=1S/C20H24ClF3N4O3S/c1-12(27(2)3)20(31-4)8-9-28(11-20)14-10-13(22)19(18(24)17(14)21)32(29,30)26-16-7-5-6-15(23)25-16/h5-7,10,12H,8-9,11H2,1-4H3,(H,25,26).